The van der Waals surface area contributed by atoms with Crippen LogP contribution in [-0.4, -0.2) is 36.6 Å². The predicted octanol–water partition coefficient (Wildman–Crippen LogP) is 4.43. The molecule has 0 aliphatic rings. The van der Waals surface area contributed by atoms with E-state index >= 15 is 0 Å². The van der Waals surface area contributed by atoms with Crippen molar-refractivity contribution < 1.29 is 22.6 Å². The first-order valence-corrected chi connectivity index (χ1v) is 8.23. The molecule has 0 radical (unpaired) electrons. The average Bonchev–Trinajstić information content (AvgIpc) is 2.60. The molecule has 0 heterocycles. The third kappa shape index (κ3) is 6.89. The van der Waals surface area contributed by atoms with Gasteiger partial charge >= 0.3 is 6.36 Å². The van der Waals surface area contributed by atoms with E-state index in [1.807, 2.05) is 35.2 Å². The Morgan fingerprint density at radius 2 is 1.73 bits per heavy atom. The zero-order valence-electron chi connectivity index (χ0n) is 14.1. The second kappa shape index (κ2) is 9.40. The molecule has 140 valence electrons. The number of anilines is 1. The first kappa shape index (κ1) is 20.0. The Kier molecular flexibility index (Phi) is 7.23. The fraction of sp³-hybridized carbons (Fsp3) is 0.278. The second-order valence-electron chi connectivity index (χ2n) is 5.40. The molecule has 8 heteroatoms. The molecule has 0 saturated carbocycles. The molecule has 0 unspecified atom stereocenters. The smallest absolute Gasteiger partial charge is 0.406 e. The van der Waals surface area contributed by atoms with Crippen molar-refractivity contribution in [3.8, 4) is 5.75 Å². The second-order valence-corrected chi connectivity index (χ2v) is 5.79. The first-order chi connectivity index (χ1) is 12.4. The van der Waals surface area contributed by atoms with E-state index < -0.39 is 6.36 Å². The van der Waals surface area contributed by atoms with Crippen molar-refractivity contribution in [2.24, 2.45) is 0 Å². The van der Waals surface area contributed by atoms with Crippen LogP contribution in [0.4, 0.5) is 18.9 Å². The monoisotopic (exact) mass is 384 g/mol. The highest BCUT2D eigenvalue weighted by Crippen LogP contribution is 2.24. The maximum atomic E-state index is 12.2. The quantitative estimate of drug-likeness (QED) is 0.715. The summed E-state index contributed by atoms with van der Waals surface area (Å²) in [6, 6.07) is 15.2. The van der Waals surface area contributed by atoms with Gasteiger partial charge in [0.2, 0.25) is 0 Å². The molecule has 2 aromatic rings. The number of benzene rings is 2. The zero-order valence-corrected chi connectivity index (χ0v) is 14.9. The van der Waals surface area contributed by atoms with Gasteiger partial charge < -0.3 is 19.7 Å². The van der Waals surface area contributed by atoms with Crippen LogP contribution in [0, 0.1) is 0 Å². The topological polar surface area (TPSA) is 33.7 Å². The van der Waals surface area contributed by atoms with Crippen molar-refractivity contribution in [3.63, 3.8) is 0 Å². The molecule has 0 aliphatic carbocycles. The number of alkyl halides is 3. The van der Waals surface area contributed by atoms with E-state index in [2.05, 4.69) is 10.1 Å². The van der Waals surface area contributed by atoms with Crippen molar-refractivity contribution >= 4 is 23.0 Å². The largest absolute Gasteiger partial charge is 0.573 e. The number of hydrogen-bond donors (Lipinski definition) is 1. The molecule has 0 amide bonds. The van der Waals surface area contributed by atoms with E-state index in [1.54, 1.807) is 7.11 Å². The Balaban J connectivity index is 2.01. The minimum atomic E-state index is -4.71. The summed E-state index contributed by atoms with van der Waals surface area (Å²) < 4.78 is 45.6. The van der Waals surface area contributed by atoms with Crippen LogP contribution in [0.2, 0.25) is 0 Å². The van der Waals surface area contributed by atoms with Crippen LogP contribution in [-0.2, 0) is 11.3 Å². The summed E-state index contributed by atoms with van der Waals surface area (Å²) in [5, 5.41) is 3.48. The van der Waals surface area contributed by atoms with Gasteiger partial charge in [0.15, 0.2) is 5.11 Å². The molecule has 0 fully saturated rings. The van der Waals surface area contributed by atoms with Crippen LogP contribution in [0.25, 0.3) is 0 Å². The molecule has 0 aliphatic heterocycles. The third-order valence-corrected chi connectivity index (χ3v) is 3.77. The number of rotatable bonds is 7. The zero-order chi connectivity index (χ0) is 19.0. The summed E-state index contributed by atoms with van der Waals surface area (Å²) in [6.45, 7) is 1.66. The van der Waals surface area contributed by atoms with Crippen LogP contribution in [0.15, 0.2) is 54.6 Å². The summed E-state index contributed by atoms with van der Waals surface area (Å²) in [6.07, 6.45) is -4.71. The molecular weight excluding hydrogens is 365 g/mol. The van der Waals surface area contributed by atoms with Gasteiger partial charge in [-0.15, -0.1) is 13.2 Å². The van der Waals surface area contributed by atoms with Gasteiger partial charge in [0.25, 0.3) is 0 Å². The van der Waals surface area contributed by atoms with Crippen LogP contribution >= 0.6 is 12.2 Å². The lowest BCUT2D eigenvalue weighted by atomic mass is 10.2. The highest BCUT2D eigenvalue weighted by molar-refractivity contribution is 7.80. The SMILES string of the molecule is COCCN(Cc1ccccc1)C(=S)Nc1ccc(OC(F)(F)F)cc1. The summed E-state index contributed by atoms with van der Waals surface area (Å²) in [7, 11) is 1.61. The number of methoxy groups -OCH3 is 1. The molecule has 1 N–H and O–H groups in total. The molecular formula is C18H19F3N2O2S. The lowest BCUT2D eigenvalue weighted by Crippen LogP contribution is -2.36. The maximum absolute atomic E-state index is 12.2. The van der Waals surface area contributed by atoms with Gasteiger partial charge in [-0.3, -0.25) is 0 Å². The van der Waals surface area contributed by atoms with Crippen molar-refractivity contribution in [2.75, 3.05) is 25.6 Å². The van der Waals surface area contributed by atoms with Gasteiger partial charge in [0.05, 0.1) is 6.61 Å². The van der Waals surface area contributed by atoms with Crippen LogP contribution in [0.5, 0.6) is 5.75 Å². The van der Waals surface area contributed by atoms with Crippen LogP contribution in [0.3, 0.4) is 0 Å². The number of thiocarbonyl (C=S) groups is 1. The Morgan fingerprint density at radius 1 is 1.08 bits per heavy atom. The number of halogens is 3. The van der Waals surface area contributed by atoms with Crippen molar-refractivity contribution in [2.45, 2.75) is 12.9 Å². The molecule has 2 rings (SSSR count). The predicted molar refractivity (Wildman–Crippen MR) is 98.1 cm³/mol. The van der Waals surface area contributed by atoms with Gasteiger partial charge in [-0.2, -0.15) is 0 Å². The van der Waals surface area contributed by atoms with Gasteiger partial charge in [-0.25, -0.2) is 0 Å². The molecule has 0 bridgehead atoms. The minimum absolute atomic E-state index is 0.283. The molecule has 0 saturated heterocycles. The average molecular weight is 384 g/mol. The van der Waals surface area contributed by atoms with Crippen molar-refractivity contribution in [3.05, 3.63) is 60.2 Å². The Labute approximate surface area is 155 Å². The highest BCUT2D eigenvalue weighted by atomic mass is 32.1. The first-order valence-electron chi connectivity index (χ1n) is 7.82. The fourth-order valence-electron chi connectivity index (χ4n) is 2.20. The molecule has 0 atom stereocenters. The van der Waals surface area contributed by atoms with E-state index in [0.717, 1.165) is 5.56 Å². The normalized spacial score (nSPS) is 11.1. The third-order valence-electron chi connectivity index (χ3n) is 3.41. The Bertz CT molecular complexity index is 694. The van der Waals surface area contributed by atoms with Crippen molar-refractivity contribution in [1.82, 2.24) is 4.90 Å². The molecule has 4 nitrogen and oxygen atoms in total. The minimum Gasteiger partial charge on any atom is -0.406 e. The number of ether oxygens (including phenoxy) is 2. The van der Waals surface area contributed by atoms with Gasteiger partial charge in [-0.1, -0.05) is 30.3 Å². The summed E-state index contributed by atoms with van der Waals surface area (Å²) >= 11 is 5.44. The summed E-state index contributed by atoms with van der Waals surface area (Å²) in [5.41, 5.74) is 1.65. The van der Waals surface area contributed by atoms with E-state index in [-0.39, 0.29) is 5.75 Å². The number of nitrogens with one attached hydrogen (secondary N) is 1. The molecule has 26 heavy (non-hydrogen) atoms. The van der Waals surface area contributed by atoms with E-state index in [4.69, 9.17) is 17.0 Å². The van der Waals surface area contributed by atoms with Gasteiger partial charge in [0, 0.05) is 25.9 Å². The summed E-state index contributed by atoms with van der Waals surface area (Å²) in [5.74, 6) is -0.283. The van der Waals surface area contributed by atoms with E-state index in [0.29, 0.717) is 30.5 Å². The lowest BCUT2D eigenvalue weighted by Gasteiger charge is -2.26. The standard InChI is InChI=1S/C18H19F3N2O2S/c1-24-12-11-23(13-14-5-3-2-4-6-14)17(26)22-15-7-9-16(10-8-15)25-18(19,20)21/h2-10H,11-13H2,1H3,(H,22,26). The van der Waals surface area contributed by atoms with Crippen molar-refractivity contribution in [1.29, 1.82) is 0 Å². The van der Waals surface area contributed by atoms with Gasteiger partial charge in [-0.05, 0) is 42.0 Å². The maximum Gasteiger partial charge on any atom is 0.573 e. The van der Waals surface area contributed by atoms with Gasteiger partial charge in [0.1, 0.15) is 5.75 Å². The van der Waals surface area contributed by atoms with E-state index in [9.17, 15) is 13.2 Å². The number of nitrogens with zero attached hydrogens (tertiary/aromatic N) is 1. The van der Waals surface area contributed by atoms with Crippen LogP contribution in [0.1, 0.15) is 5.56 Å². The highest BCUT2D eigenvalue weighted by Gasteiger charge is 2.30. The Hall–Kier alpha value is -2.32. The summed E-state index contributed by atoms with van der Waals surface area (Å²) in [4.78, 5) is 1.92. The molecule has 0 aromatic heterocycles. The number of hydrogen-bond acceptors (Lipinski definition) is 3. The lowest BCUT2D eigenvalue weighted by molar-refractivity contribution is -0.274. The molecule has 0 spiro atoms. The van der Waals surface area contributed by atoms with E-state index in [1.165, 1.54) is 24.3 Å². The van der Waals surface area contributed by atoms with Crippen LogP contribution < -0.4 is 10.1 Å². The molecule has 2 aromatic carbocycles. The Morgan fingerprint density at radius 3 is 2.31 bits per heavy atom. The fourth-order valence-corrected chi connectivity index (χ4v) is 2.47.